The summed E-state index contributed by atoms with van der Waals surface area (Å²) in [5.41, 5.74) is 1.78. The van der Waals surface area contributed by atoms with Crippen molar-refractivity contribution in [1.82, 2.24) is 0 Å². The first kappa shape index (κ1) is 14.6. The highest BCUT2D eigenvalue weighted by Crippen LogP contribution is 2.26. The van der Waals surface area contributed by atoms with Crippen molar-refractivity contribution >= 4 is 28.8 Å². The quantitative estimate of drug-likeness (QED) is 0.609. The molecule has 1 rings (SSSR count). The Bertz CT molecular complexity index is 412. The number of non-ortho nitro benzene ring substituents is 1. The summed E-state index contributed by atoms with van der Waals surface area (Å²) in [6.45, 7) is 3.58. The maximum atomic E-state index is 10.9. The first-order chi connectivity index (χ1) is 8.58. The zero-order valence-corrected chi connectivity index (χ0v) is 11.8. The molecule has 5 nitrogen and oxygen atoms in total. The SMILES string of the molecule is CCNc1cc(N(C)CCSC)cc([N+](=O)[O-])c1. The van der Waals surface area contributed by atoms with E-state index in [0.29, 0.717) is 0 Å². The molecule has 1 aromatic carbocycles. The lowest BCUT2D eigenvalue weighted by atomic mass is 10.2. The third kappa shape index (κ3) is 4.10. The second kappa shape index (κ2) is 7.10. The fourth-order valence-corrected chi connectivity index (χ4v) is 2.04. The predicted molar refractivity (Wildman–Crippen MR) is 78.9 cm³/mol. The van der Waals surface area contributed by atoms with E-state index < -0.39 is 0 Å². The number of thioether (sulfide) groups is 1. The van der Waals surface area contributed by atoms with Gasteiger partial charge in [0.25, 0.3) is 5.69 Å². The van der Waals surface area contributed by atoms with Crippen LogP contribution in [-0.2, 0) is 0 Å². The number of nitrogens with zero attached hydrogens (tertiary/aromatic N) is 2. The summed E-state index contributed by atoms with van der Waals surface area (Å²) in [7, 11) is 1.95. The third-order valence-corrected chi connectivity index (χ3v) is 3.16. The van der Waals surface area contributed by atoms with Gasteiger partial charge in [-0.05, 0) is 19.2 Å². The van der Waals surface area contributed by atoms with Gasteiger partial charge < -0.3 is 10.2 Å². The fraction of sp³-hybridized carbons (Fsp3) is 0.500. The minimum absolute atomic E-state index is 0.124. The molecule has 0 spiro atoms. The second-order valence-electron chi connectivity index (χ2n) is 3.94. The molecule has 0 amide bonds. The molecule has 0 aromatic heterocycles. The molecule has 0 bridgehead atoms. The molecular weight excluding hydrogens is 250 g/mol. The van der Waals surface area contributed by atoms with E-state index in [1.807, 2.05) is 31.2 Å². The molecule has 1 aromatic rings. The first-order valence-electron chi connectivity index (χ1n) is 5.82. The summed E-state index contributed by atoms with van der Waals surface area (Å²) in [5, 5.41) is 14.0. The Morgan fingerprint density at radius 2 is 2.17 bits per heavy atom. The van der Waals surface area contributed by atoms with Crippen molar-refractivity contribution in [1.29, 1.82) is 0 Å². The average molecular weight is 269 g/mol. The van der Waals surface area contributed by atoms with E-state index in [0.717, 1.165) is 30.2 Å². The Balaban J connectivity index is 2.98. The second-order valence-corrected chi connectivity index (χ2v) is 4.93. The maximum Gasteiger partial charge on any atom is 0.273 e. The van der Waals surface area contributed by atoms with Gasteiger partial charge in [-0.15, -0.1) is 0 Å². The Hall–Kier alpha value is -1.43. The van der Waals surface area contributed by atoms with Crippen molar-refractivity contribution in [3.8, 4) is 0 Å². The molecule has 1 N–H and O–H groups in total. The minimum atomic E-state index is -0.354. The van der Waals surface area contributed by atoms with E-state index in [4.69, 9.17) is 0 Å². The van der Waals surface area contributed by atoms with Crippen LogP contribution in [-0.4, -0.2) is 37.1 Å². The largest absolute Gasteiger partial charge is 0.385 e. The zero-order chi connectivity index (χ0) is 13.5. The first-order valence-corrected chi connectivity index (χ1v) is 7.21. The highest BCUT2D eigenvalue weighted by Gasteiger charge is 2.11. The molecule has 0 aliphatic rings. The Labute approximate surface area is 112 Å². The van der Waals surface area contributed by atoms with Gasteiger partial charge >= 0.3 is 0 Å². The van der Waals surface area contributed by atoms with Crippen LogP contribution < -0.4 is 10.2 Å². The molecule has 0 saturated carbocycles. The van der Waals surface area contributed by atoms with E-state index in [1.54, 1.807) is 23.9 Å². The van der Waals surface area contributed by atoms with Gasteiger partial charge in [0.05, 0.1) is 4.92 Å². The number of hydrogen-bond acceptors (Lipinski definition) is 5. The number of anilines is 2. The highest BCUT2D eigenvalue weighted by atomic mass is 32.2. The van der Waals surface area contributed by atoms with E-state index >= 15 is 0 Å². The Morgan fingerprint density at radius 3 is 2.72 bits per heavy atom. The van der Waals surface area contributed by atoms with E-state index in [1.165, 1.54) is 0 Å². The van der Waals surface area contributed by atoms with Gasteiger partial charge in [0.2, 0.25) is 0 Å². The van der Waals surface area contributed by atoms with Gasteiger partial charge in [-0.25, -0.2) is 0 Å². The Morgan fingerprint density at radius 1 is 1.44 bits per heavy atom. The Kier molecular flexibility index (Phi) is 5.77. The molecule has 0 saturated heterocycles. The third-order valence-electron chi connectivity index (χ3n) is 2.57. The van der Waals surface area contributed by atoms with Crippen LogP contribution in [0, 0.1) is 10.1 Å². The molecule has 0 atom stereocenters. The standard InChI is InChI=1S/C12H19N3O2S/c1-4-13-10-7-11(14(2)5-6-18-3)9-12(8-10)15(16)17/h7-9,13H,4-6H2,1-3H3. The van der Waals surface area contributed by atoms with Gasteiger partial charge in [0.15, 0.2) is 0 Å². The molecular formula is C12H19N3O2S. The highest BCUT2D eigenvalue weighted by molar-refractivity contribution is 7.98. The minimum Gasteiger partial charge on any atom is -0.385 e. The normalized spacial score (nSPS) is 10.2. The van der Waals surface area contributed by atoms with Crippen molar-refractivity contribution < 1.29 is 4.92 Å². The van der Waals surface area contributed by atoms with Crippen molar-refractivity contribution in [2.75, 3.05) is 42.4 Å². The summed E-state index contributed by atoms with van der Waals surface area (Å²) in [4.78, 5) is 12.6. The van der Waals surface area contributed by atoms with Crippen LogP contribution in [0.1, 0.15) is 6.92 Å². The van der Waals surface area contributed by atoms with Crippen LogP contribution >= 0.6 is 11.8 Å². The van der Waals surface area contributed by atoms with Crippen molar-refractivity contribution in [3.63, 3.8) is 0 Å². The zero-order valence-electron chi connectivity index (χ0n) is 11.0. The topological polar surface area (TPSA) is 58.4 Å². The summed E-state index contributed by atoms with van der Waals surface area (Å²) < 4.78 is 0. The predicted octanol–water partition coefficient (Wildman–Crippen LogP) is 2.83. The van der Waals surface area contributed by atoms with Crippen LogP contribution in [0.25, 0.3) is 0 Å². The van der Waals surface area contributed by atoms with Gasteiger partial charge in [-0.3, -0.25) is 10.1 Å². The fourth-order valence-electron chi connectivity index (χ4n) is 1.58. The average Bonchev–Trinajstić information content (AvgIpc) is 2.35. The van der Waals surface area contributed by atoms with Gasteiger partial charge in [0.1, 0.15) is 0 Å². The number of benzene rings is 1. The molecule has 100 valence electrons. The lowest BCUT2D eigenvalue weighted by Gasteiger charge is -2.19. The van der Waals surface area contributed by atoms with Crippen molar-refractivity contribution in [2.45, 2.75) is 6.92 Å². The number of nitrogens with one attached hydrogen (secondary N) is 1. The van der Waals surface area contributed by atoms with Crippen LogP contribution in [0.15, 0.2) is 18.2 Å². The lowest BCUT2D eigenvalue weighted by molar-refractivity contribution is -0.384. The monoisotopic (exact) mass is 269 g/mol. The van der Waals surface area contributed by atoms with Crippen molar-refractivity contribution in [3.05, 3.63) is 28.3 Å². The molecule has 0 unspecified atom stereocenters. The number of hydrogen-bond donors (Lipinski definition) is 1. The van der Waals surface area contributed by atoms with Crippen LogP contribution in [0.4, 0.5) is 17.1 Å². The van der Waals surface area contributed by atoms with E-state index in [2.05, 4.69) is 5.32 Å². The molecule has 18 heavy (non-hydrogen) atoms. The summed E-state index contributed by atoms with van der Waals surface area (Å²) in [6.07, 6.45) is 2.05. The molecule has 0 fully saturated rings. The lowest BCUT2D eigenvalue weighted by Crippen LogP contribution is -2.20. The van der Waals surface area contributed by atoms with Crippen LogP contribution in [0.2, 0.25) is 0 Å². The summed E-state index contributed by atoms with van der Waals surface area (Å²) in [6, 6.07) is 5.12. The number of nitro benzene ring substituents is 1. The summed E-state index contributed by atoms with van der Waals surface area (Å²) in [5.74, 6) is 0.996. The molecule has 6 heteroatoms. The van der Waals surface area contributed by atoms with Crippen molar-refractivity contribution in [2.24, 2.45) is 0 Å². The maximum absolute atomic E-state index is 10.9. The van der Waals surface area contributed by atoms with Gasteiger partial charge in [-0.1, -0.05) is 0 Å². The van der Waals surface area contributed by atoms with Gasteiger partial charge in [-0.2, -0.15) is 11.8 Å². The molecule has 0 aliphatic heterocycles. The van der Waals surface area contributed by atoms with E-state index in [-0.39, 0.29) is 10.6 Å². The number of nitro groups is 1. The van der Waals surface area contributed by atoms with Crippen LogP contribution in [0.3, 0.4) is 0 Å². The van der Waals surface area contributed by atoms with Gasteiger partial charge in [0, 0.05) is 49.4 Å². The molecule has 0 radical (unpaired) electrons. The summed E-state index contributed by atoms with van der Waals surface area (Å²) >= 11 is 1.76. The smallest absolute Gasteiger partial charge is 0.273 e. The van der Waals surface area contributed by atoms with Crippen LogP contribution in [0.5, 0.6) is 0 Å². The number of rotatable bonds is 7. The van der Waals surface area contributed by atoms with E-state index in [9.17, 15) is 10.1 Å². The molecule has 0 heterocycles. The molecule has 0 aliphatic carbocycles.